The summed E-state index contributed by atoms with van der Waals surface area (Å²) in [7, 11) is -3.89. The largest absolute Gasteiger partial charge is 0.397 e. The van der Waals surface area contributed by atoms with Crippen LogP contribution in [0.1, 0.15) is 12.7 Å². The van der Waals surface area contributed by atoms with Gasteiger partial charge >= 0.3 is 0 Å². The quantitative estimate of drug-likeness (QED) is 0.841. The van der Waals surface area contributed by atoms with Crippen molar-refractivity contribution in [1.82, 2.24) is 9.55 Å². The number of aryl methyl sites for hydroxylation is 2. The molecule has 3 N–H and O–H groups in total. The maximum Gasteiger partial charge on any atom is 0.281 e. The lowest BCUT2D eigenvalue weighted by molar-refractivity contribution is 0.597. The van der Waals surface area contributed by atoms with Crippen molar-refractivity contribution in [2.24, 2.45) is 0 Å². The molecule has 0 radical (unpaired) electrons. The highest BCUT2D eigenvalue weighted by molar-refractivity contribution is 7.92. The maximum absolute atomic E-state index is 13.1. The van der Waals surface area contributed by atoms with Crippen LogP contribution >= 0.6 is 0 Å². The van der Waals surface area contributed by atoms with Crippen LogP contribution in [0.25, 0.3) is 0 Å². The second-order valence-electron chi connectivity index (χ2n) is 4.25. The maximum atomic E-state index is 13.1. The molecule has 0 bridgehead atoms. The van der Waals surface area contributed by atoms with Crippen LogP contribution in [0.4, 0.5) is 15.8 Å². The van der Waals surface area contributed by atoms with E-state index in [9.17, 15) is 12.8 Å². The Morgan fingerprint density at radius 1 is 1.45 bits per heavy atom. The Bertz CT molecular complexity index is 740. The van der Waals surface area contributed by atoms with E-state index in [2.05, 4.69) is 9.71 Å². The number of nitrogens with two attached hydrogens (primary N) is 1. The molecule has 1 aromatic heterocycles. The molecule has 8 heteroatoms. The molecular formula is C12H15FN4O2S. The second kappa shape index (κ2) is 5.12. The molecule has 0 fully saturated rings. The Balaban J connectivity index is 2.37. The van der Waals surface area contributed by atoms with E-state index in [1.165, 1.54) is 12.3 Å². The SMILES string of the molecule is CCn1cc(S(=O)(=O)Nc2cc(F)ccc2N)nc1C. The van der Waals surface area contributed by atoms with Crippen molar-refractivity contribution in [3.63, 3.8) is 0 Å². The van der Waals surface area contributed by atoms with Gasteiger partial charge < -0.3 is 10.3 Å². The van der Waals surface area contributed by atoms with Gasteiger partial charge in [-0.15, -0.1) is 0 Å². The average molecular weight is 298 g/mol. The van der Waals surface area contributed by atoms with Gasteiger partial charge in [0.1, 0.15) is 11.6 Å². The summed E-state index contributed by atoms with van der Waals surface area (Å²) in [5, 5.41) is -0.125. The molecule has 0 saturated carbocycles. The third kappa shape index (κ3) is 2.74. The van der Waals surface area contributed by atoms with Crippen LogP contribution in [0.15, 0.2) is 29.4 Å². The predicted octanol–water partition coefficient (Wildman–Crippen LogP) is 1.73. The number of sulfonamides is 1. The molecule has 1 heterocycles. The van der Waals surface area contributed by atoms with E-state index >= 15 is 0 Å². The first-order valence-electron chi connectivity index (χ1n) is 5.95. The molecule has 0 unspecified atom stereocenters. The highest BCUT2D eigenvalue weighted by atomic mass is 32.2. The lowest BCUT2D eigenvalue weighted by atomic mass is 10.3. The van der Waals surface area contributed by atoms with E-state index in [0.717, 1.165) is 12.1 Å². The summed E-state index contributed by atoms with van der Waals surface area (Å²) in [6.45, 7) is 4.19. The van der Waals surface area contributed by atoms with E-state index in [1.807, 2.05) is 6.92 Å². The Kier molecular flexibility index (Phi) is 3.67. The number of anilines is 2. The van der Waals surface area contributed by atoms with Crippen molar-refractivity contribution in [3.05, 3.63) is 36.0 Å². The lowest BCUT2D eigenvalue weighted by Gasteiger charge is -2.08. The highest BCUT2D eigenvalue weighted by Gasteiger charge is 2.20. The van der Waals surface area contributed by atoms with Gasteiger partial charge in [0.15, 0.2) is 5.03 Å². The zero-order valence-electron chi connectivity index (χ0n) is 11.1. The minimum atomic E-state index is -3.89. The molecule has 2 rings (SSSR count). The first kappa shape index (κ1) is 14.3. The van der Waals surface area contributed by atoms with E-state index in [4.69, 9.17) is 5.73 Å². The summed E-state index contributed by atoms with van der Waals surface area (Å²) in [6, 6.07) is 3.47. The summed E-state index contributed by atoms with van der Waals surface area (Å²) in [5.41, 5.74) is 5.75. The molecular weight excluding hydrogens is 283 g/mol. The van der Waals surface area contributed by atoms with E-state index < -0.39 is 15.8 Å². The van der Waals surface area contributed by atoms with Gasteiger partial charge in [0.05, 0.1) is 11.4 Å². The number of hydrogen-bond acceptors (Lipinski definition) is 4. The van der Waals surface area contributed by atoms with Crippen molar-refractivity contribution in [2.75, 3.05) is 10.5 Å². The molecule has 20 heavy (non-hydrogen) atoms. The fourth-order valence-corrected chi connectivity index (χ4v) is 2.83. The zero-order valence-corrected chi connectivity index (χ0v) is 11.9. The Labute approximate surface area is 116 Å². The van der Waals surface area contributed by atoms with Crippen molar-refractivity contribution >= 4 is 21.4 Å². The van der Waals surface area contributed by atoms with Crippen molar-refractivity contribution < 1.29 is 12.8 Å². The van der Waals surface area contributed by atoms with Gasteiger partial charge in [0.25, 0.3) is 10.0 Å². The number of imidazole rings is 1. The van der Waals surface area contributed by atoms with Crippen molar-refractivity contribution in [3.8, 4) is 0 Å². The molecule has 0 aliphatic heterocycles. The van der Waals surface area contributed by atoms with E-state index in [-0.39, 0.29) is 16.4 Å². The smallest absolute Gasteiger partial charge is 0.281 e. The fourth-order valence-electron chi connectivity index (χ4n) is 1.74. The molecule has 0 spiro atoms. The third-order valence-corrected chi connectivity index (χ3v) is 4.07. The average Bonchev–Trinajstić information content (AvgIpc) is 2.76. The van der Waals surface area contributed by atoms with Gasteiger partial charge in [-0.05, 0) is 26.0 Å². The fraction of sp³-hybridized carbons (Fsp3) is 0.250. The summed E-state index contributed by atoms with van der Waals surface area (Å²) in [4.78, 5) is 3.98. The number of hydrogen-bond donors (Lipinski definition) is 2. The predicted molar refractivity (Wildman–Crippen MR) is 74.3 cm³/mol. The van der Waals surface area contributed by atoms with Crippen LogP contribution in [0, 0.1) is 12.7 Å². The normalized spacial score (nSPS) is 11.6. The van der Waals surface area contributed by atoms with Gasteiger partial charge in [-0.1, -0.05) is 0 Å². The summed E-state index contributed by atoms with van der Waals surface area (Å²) in [5.74, 6) is 0.00672. The summed E-state index contributed by atoms with van der Waals surface area (Å²) >= 11 is 0. The minimum Gasteiger partial charge on any atom is -0.397 e. The highest BCUT2D eigenvalue weighted by Crippen LogP contribution is 2.22. The Morgan fingerprint density at radius 2 is 2.15 bits per heavy atom. The van der Waals surface area contributed by atoms with Gasteiger partial charge in [-0.2, -0.15) is 8.42 Å². The second-order valence-corrected chi connectivity index (χ2v) is 5.88. The standard InChI is InChI=1S/C12H15FN4O2S/c1-3-17-7-12(15-8(17)2)20(18,19)16-11-6-9(13)4-5-10(11)14/h4-7,16H,3,14H2,1-2H3. The van der Waals surface area contributed by atoms with Crippen molar-refractivity contribution in [1.29, 1.82) is 0 Å². The lowest BCUT2D eigenvalue weighted by Crippen LogP contribution is -2.14. The van der Waals surface area contributed by atoms with Gasteiger partial charge in [-0.25, -0.2) is 9.37 Å². The molecule has 1 aromatic carbocycles. The van der Waals surface area contributed by atoms with Crippen LogP contribution in [-0.4, -0.2) is 18.0 Å². The number of benzene rings is 1. The first-order chi connectivity index (χ1) is 9.33. The topological polar surface area (TPSA) is 90.0 Å². The molecule has 2 aromatic rings. The summed E-state index contributed by atoms with van der Waals surface area (Å²) in [6.07, 6.45) is 1.42. The molecule has 0 aliphatic carbocycles. The van der Waals surface area contributed by atoms with Gasteiger partial charge in [-0.3, -0.25) is 4.72 Å². The monoisotopic (exact) mass is 298 g/mol. The number of aromatic nitrogens is 2. The first-order valence-corrected chi connectivity index (χ1v) is 7.43. The van der Waals surface area contributed by atoms with E-state index in [1.54, 1.807) is 11.5 Å². The molecule has 0 atom stereocenters. The third-order valence-electron chi connectivity index (χ3n) is 2.83. The van der Waals surface area contributed by atoms with E-state index in [0.29, 0.717) is 12.4 Å². The van der Waals surface area contributed by atoms with Crippen LogP contribution < -0.4 is 10.5 Å². The molecule has 0 aliphatic rings. The number of nitrogen functional groups attached to an aromatic ring is 1. The van der Waals surface area contributed by atoms with Gasteiger partial charge in [0, 0.05) is 18.8 Å². The number of rotatable bonds is 4. The number of nitrogens with one attached hydrogen (secondary N) is 1. The zero-order chi connectivity index (χ0) is 14.9. The summed E-state index contributed by atoms with van der Waals surface area (Å²) < 4.78 is 41.4. The Morgan fingerprint density at radius 3 is 2.75 bits per heavy atom. The molecule has 0 amide bonds. The van der Waals surface area contributed by atoms with Crippen molar-refractivity contribution in [2.45, 2.75) is 25.4 Å². The molecule has 6 nitrogen and oxygen atoms in total. The van der Waals surface area contributed by atoms with Crippen LogP contribution in [0.2, 0.25) is 0 Å². The van der Waals surface area contributed by atoms with Crippen LogP contribution in [0.5, 0.6) is 0 Å². The number of nitrogens with zero attached hydrogens (tertiary/aromatic N) is 2. The molecule has 0 saturated heterocycles. The molecule has 108 valence electrons. The van der Waals surface area contributed by atoms with Crippen LogP contribution in [0.3, 0.4) is 0 Å². The minimum absolute atomic E-state index is 0.00583. The number of halogens is 1. The van der Waals surface area contributed by atoms with Gasteiger partial charge in [0.2, 0.25) is 0 Å². The Hall–Kier alpha value is -2.09. The van der Waals surface area contributed by atoms with Crippen LogP contribution in [-0.2, 0) is 16.6 Å².